The van der Waals surface area contributed by atoms with Crippen molar-refractivity contribution in [3.05, 3.63) is 35.9 Å². The maximum absolute atomic E-state index is 3.86. The predicted octanol–water partition coefficient (Wildman–Crippen LogP) is 3.60. The van der Waals surface area contributed by atoms with E-state index in [0.29, 0.717) is 6.04 Å². The molecule has 0 aromatic heterocycles. The molecular formula is C18H28N2. The Labute approximate surface area is 123 Å². The van der Waals surface area contributed by atoms with E-state index in [1.54, 1.807) is 0 Å². The monoisotopic (exact) mass is 272 g/mol. The summed E-state index contributed by atoms with van der Waals surface area (Å²) in [4.78, 5) is 2.67. The molecule has 2 aliphatic rings. The smallest absolute Gasteiger partial charge is 0.0473 e. The third kappa shape index (κ3) is 3.07. The molecule has 20 heavy (non-hydrogen) atoms. The normalized spacial score (nSPS) is 29.4. The molecule has 1 aromatic rings. The van der Waals surface area contributed by atoms with Crippen molar-refractivity contribution in [2.75, 3.05) is 19.6 Å². The van der Waals surface area contributed by atoms with Crippen LogP contribution < -0.4 is 5.32 Å². The number of likely N-dealkylation sites (N-methyl/N-ethyl adjacent to an activating group) is 1. The van der Waals surface area contributed by atoms with Crippen LogP contribution in [0.3, 0.4) is 0 Å². The summed E-state index contributed by atoms with van der Waals surface area (Å²) in [5, 5.41) is 3.86. The van der Waals surface area contributed by atoms with Crippen LogP contribution in [-0.4, -0.2) is 30.6 Å². The highest BCUT2D eigenvalue weighted by Gasteiger charge is 2.32. The van der Waals surface area contributed by atoms with Crippen molar-refractivity contribution in [1.82, 2.24) is 10.2 Å². The standard InChI is InChI=1S/C18H28N2/c1-2-20-14-17(15-9-5-3-6-10-15)19-13-18(20)16-11-7-4-8-12-16/h4,7-8,11-12,15,17-19H,2-3,5-6,9-10,13-14H2,1H3. The molecule has 1 saturated carbocycles. The number of hydrogen-bond donors (Lipinski definition) is 1. The fraction of sp³-hybridized carbons (Fsp3) is 0.667. The highest BCUT2D eigenvalue weighted by atomic mass is 15.2. The minimum Gasteiger partial charge on any atom is -0.311 e. The molecule has 1 N–H and O–H groups in total. The molecule has 3 rings (SSSR count). The highest BCUT2D eigenvalue weighted by Crippen LogP contribution is 2.31. The molecule has 1 aromatic carbocycles. The van der Waals surface area contributed by atoms with Crippen molar-refractivity contribution in [3.8, 4) is 0 Å². The molecule has 0 radical (unpaired) electrons. The maximum Gasteiger partial charge on any atom is 0.0473 e. The van der Waals surface area contributed by atoms with Crippen LogP contribution in [-0.2, 0) is 0 Å². The van der Waals surface area contributed by atoms with Crippen molar-refractivity contribution in [2.45, 2.75) is 51.1 Å². The van der Waals surface area contributed by atoms with Crippen LogP contribution in [0.2, 0.25) is 0 Å². The first kappa shape index (κ1) is 14.1. The zero-order valence-corrected chi connectivity index (χ0v) is 12.7. The summed E-state index contributed by atoms with van der Waals surface area (Å²) in [5.74, 6) is 0.912. The van der Waals surface area contributed by atoms with Gasteiger partial charge in [0.2, 0.25) is 0 Å². The number of rotatable bonds is 3. The number of nitrogens with one attached hydrogen (secondary N) is 1. The van der Waals surface area contributed by atoms with Gasteiger partial charge in [0, 0.05) is 25.2 Å². The summed E-state index contributed by atoms with van der Waals surface area (Å²) in [6, 6.07) is 12.3. The summed E-state index contributed by atoms with van der Waals surface area (Å²) in [7, 11) is 0. The van der Waals surface area contributed by atoms with Crippen LogP contribution in [0.25, 0.3) is 0 Å². The van der Waals surface area contributed by atoms with E-state index >= 15 is 0 Å². The summed E-state index contributed by atoms with van der Waals surface area (Å²) in [6.45, 7) is 5.80. The van der Waals surface area contributed by atoms with Crippen LogP contribution in [0.15, 0.2) is 30.3 Å². The van der Waals surface area contributed by atoms with E-state index in [-0.39, 0.29) is 0 Å². The minimum atomic E-state index is 0.557. The molecule has 0 amide bonds. The molecule has 2 unspecified atom stereocenters. The summed E-state index contributed by atoms with van der Waals surface area (Å²) >= 11 is 0. The molecule has 0 bridgehead atoms. The lowest BCUT2D eigenvalue weighted by Crippen LogP contribution is -2.55. The summed E-state index contributed by atoms with van der Waals surface area (Å²) in [5.41, 5.74) is 1.46. The number of nitrogens with zero attached hydrogens (tertiary/aromatic N) is 1. The van der Waals surface area contributed by atoms with Gasteiger partial charge in [-0.2, -0.15) is 0 Å². The lowest BCUT2D eigenvalue weighted by atomic mass is 9.82. The van der Waals surface area contributed by atoms with Crippen LogP contribution in [0, 0.1) is 5.92 Å². The number of hydrogen-bond acceptors (Lipinski definition) is 2. The molecule has 2 atom stereocenters. The van der Waals surface area contributed by atoms with Gasteiger partial charge in [-0.25, -0.2) is 0 Å². The van der Waals surface area contributed by atoms with E-state index in [4.69, 9.17) is 0 Å². The van der Waals surface area contributed by atoms with E-state index in [2.05, 4.69) is 47.5 Å². The van der Waals surface area contributed by atoms with Crippen molar-refractivity contribution >= 4 is 0 Å². The second-order valence-electron chi connectivity index (χ2n) is 6.43. The van der Waals surface area contributed by atoms with Gasteiger partial charge in [0.25, 0.3) is 0 Å². The largest absolute Gasteiger partial charge is 0.311 e. The molecule has 1 aliphatic carbocycles. The Morgan fingerprint density at radius 1 is 1.10 bits per heavy atom. The van der Waals surface area contributed by atoms with Crippen molar-refractivity contribution in [1.29, 1.82) is 0 Å². The Bertz CT molecular complexity index is 397. The van der Waals surface area contributed by atoms with Gasteiger partial charge < -0.3 is 5.32 Å². The van der Waals surface area contributed by atoms with Crippen molar-refractivity contribution < 1.29 is 0 Å². The second kappa shape index (κ2) is 6.73. The first-order valence-electron chi connectivity index (χ1n) is 8.41. The van der Waals surface area contributed by atoms with Crippen LogP contribution >= 0.6 is 0 Å². The van der Waals surface area contributed by atoms with Crippen molar-refractivity contribution in [3.63, 3.8) is 0 Å². The van der Waals surface area contributed by atoms with Gasteiger partial charge in [0.1, 0.15) is 0 Å². The topological polar surface area (TPSA) is 15.3 Å². The lowest BCUT2D eigenvalue weighted by Gasteiger charge is -2.43. The fourth-order valence-electron chi connectivity index (χ4n) is 4.04. The van der Waals surface area contributed by atoms with Crippen LogP contribution in [0.1, 0.15) is 50.6 Å². The Morgan fingerprint density at radius 3 is 2.55 bits per heavy atom. The maximum atomic E-state index is 3.86. The van der Waals surface area contributed by atoms with E-state index in [9.17, 15) is 0 Å². The first-order chi connectivity index (χ1) is 9.88. The van der Waals surface area contributed by atoms with E-state index in [1.807, 2.05) is 0 Å². The molecule has 0 spiro atoms. The van der Waals surface area contributed by atoms with Gasteiger partial charge in [-0.05, 0) is 30.9 Å². The highest BCUT2D eigenvalue weighted by molar-refractivity contribution is 5.20. The van der Waals surface area contributed by atoms with E-state index in [0.717, 1.165) is 25.0 Å². The molecule has 1 heterocycles. The fourth-order valence-corrected chi connectivity index (χ4v) is 4.04. The first-order valence-corrected chi connectivity index (χ1v) is 8.41. The SMILES string of the molecule is CCN1CC(C2CCCCC2)NCC1c1ccccc1. The molecule has 110 valence electrons. The van der Waals surface area contributed by atoms with Gasteiger partial charge in [-0.1, -0.05) is 56.5 Å². The zero-order valence-electron chi connectivity index (χ0n) is 12.7. The van der Waals surface area contributed by atoms with Crippen LogP contribution in [0.4, 0.5) is 0 Å². The van der Waals surface area contributed by atoms with Gasteiger partial charge >= 0.3 is 0 Å². The van der Waals surface area contributed by atoms with E-state index < -0.39 is 0 Å². The average Bonchev–Trinajstić information content (AvgIpc) is 2.56. The van der Waals surface area contributed by atoms with Gasteiger partial charge in [0.15, 0.2) is 0 Å². The van der Waals surface area contributed by atoms with Gasteiger partial charge in [-0.3, -0.25) is 4.90 Å². The number of benzene rings is 1. The zero-order chi connectivity index (χ0) is 13.8. The molecule has 2 heteroatoms. The average molecular weight is 272 g/mol. The molecule has 1 aliphatic heterocycles. The third-order valence-corrected chi connectivity index (χ3v) is 5.25. The molecular weight excluding hydrogens is 244 g/mol. The molecule has 1 saturated heterocycles. The predicted molar refractivity (Wildman–Crippen MR) is 84.8 cm³/mol. The lowest BCUT2D eigenvalue weighted by molar-refractivity contribution is 0.101. The van der Waals surface area contributed by atoms with Crippen molar-refractivity contribution in [2.24, 2.45) is 5.92 Å². The third-order valence-electron chi connectivity index (χ3n) is 5.25. The quantitative estimate of drug-likeness (QED) is 0.904. The molecule has 2 fully saturated rings. The number of piperazine rings is 1. The van der Waals surface area contributed by atoms with Gasteiger partial charge in [-0.15, -0.1) is 0 Å². The van der Waals surface area contributed by atoms with E-state index in [1.165, 1.54) is 44.2 Å². The second-order valence-corrected chi connectivity index (χ2v) is 6.43. The summed E-state index contributed by atoms with van der Waals surface area (Å²) < 4.78 is 0. The minimum absolute atomic E-state index is 0.557. The molecule has 2 nitrogen and oxygen atoms in total. The Balaban J connectivity index is 1.66. The van der Waals surface area contributed by atoms with Gasteiger partial charge in [0.05, 0.1) is 0 Å². The Kier molecular flexibility index (Phi) is 4.74. The van der Waals surface area contributed by atoms with Crippen LogP contribution in [0.5, 0.6) is 0 Å². The Morgan fingerprint density at radius 2 is 1.85 bits per heavy atom. The Hall–Kier alpha value is -0.860. The summed E-state index contributed by atoms with van der Waals surface area (Å²) in [6.07, 6.45) is 7.21.